The molecule has 0 aliphatic carbocycles. The Morgan fingerprint density at radius 3 is 2.50 bits per heavy atom. The number of halogens is 1. The van der Waals surface area contributed by atoms with Crippen molar-refractivity contribution in [1.29, 1.82) is 5.41 Å². The van der Waals surface area contributed by atoms with Crippen LogP contribution in [-0.4, -0.2) is 30.1 Å². The van der Waals surface area contributed by atoms with Crippen molar-refractivity contribution in [3.8, 4) is 5.75 Å². The molecule has 6 N–H and O–H groups in total. The zero-order valence-corrected chi connectivity index (χ0v) is 12.3. The Morgan fingerprint density at radius 2 is 2.05 bits per heavy atom. The molecule has 0 aliphatic rings. The van der Waals surface area contributed by atoms with Crippen molar-refractivity contribution in [3.05, 3.63) is 16.1 Å². The lowest BCUT2D eigenvalue weighted by Gasteiger charge is -2.16. The monoisotopic (exact) mass is 344 g/mol. The van der Waals surface area contributed by atoms with Gasteiger partial charge in [-0.05, 0) is 22.0 Å². The molecule has 0 unspecified atom stereocenters. The summed E-state index contributed by atoms with van der Waals surface area (Å²) in [6.07, 6.45) is 0. The molecule has 0 atom stereocenters. The number of hydrogen-bond acceptors (Lipinski definition) is 5. The van der Waals surface area contributed by atoms with E-state index in [1.807, 2.05) is 0 Å². The number of nitrogens with two attached hydrogens (primary N) is 1. The number of esters is 1. The summed E-state index contributed by atoms with van der Waals surface area (Å²) >= 11 is 3.07. The fraction of sp³-hybridized carbons (Fsp3) is 0.182. The first-order valence-electron chi connectivity index (χ1n) is 5.30. The normalized spacial score (nSPS) is 9.75. The minimum Gasteiger partial charge on any atom is -0.506 e. The third-order valence-electron chi connectivity index (χ3n) is 2.22. The molecule has 0 saturated heterocycles. The molecule has 1 aromatic rings. The number of rotatable bonds is 3. The van der Waals surface area contributed by atoms with Crippen LogP contribution in [0.25, 0.3) is 0 Å². The van der Waals surface area contributed by atoms with Gasteiger partial charge in [0.25, 0.3) is 0 Å². The fourth-order valence-electron chi connectivity index (χ4n) is 1.45. The van der Waals surface area contributed by atoms with E-state index in [9.17, 15) is 14.7 Å². The van der Waals surface area contributed by atoms with Crippen molar-refractivity contribution >= 4 is 45.1 Å². The van der Waals surface area contributed by atoms with E-state index in [0.29, 0.717) is 0 Å². The van der Waals surface area contributed by atoms with Gasteiger partial charge in [-0.2, -0.15) is 0 Å². The van der Waals surface area contributed by atoms with Gasteiger partial charge in [-0.25, -0.2) is 4.79 Å². The number of aromatic hydroxyl groups is 1. The summed E-state index contributed by atoms with van der Waals surface area (Å²) in [5, 5.41) is 22.1. The molecule has 1 aromatic carbocycles. The Labute approximate surface area is 122 Å². The number of carbonyl (C=O) groups is 2. The van der Waals surface area contributed by atoms with Gasteiger partial charge in [-0.15, -0.1) is 0 Å². The van der Waals surface area contributed by atoms with Crippen LogP contribution < -0.4 is 16.4 Å². The van der Waals surface area contributed by atoms with E-state index in [2.05, 4.69) is 31.3 Å². The second kappa shape index (κ2) is 6.24. The molecule has 0 aromatic heterocycles. The van der Waals surface area contributed by atoms with Crippen molar-refractivity contribution in [1.82, 2.24) is 0 Å². The predicted molar refractivity (Wildman–Crippen MR) is 77.0 cm³/mol. The molecule has 108 valence electrons. The maximum atomic E-state index is 11.6. The Bertz CT molecular complexity index is 588. The largest absolute Gasteiger partial charge is 0.506 e. The van der Waals surface area contributed by atoms with Crippen LogP contribution in [0.15, 0.2) is 10.5 Å². The smallest absolute Gasteiger partial charge is 0.341 e. The van der Waals surface area contributed by atoms with Crippen LogP contribution in [0.4, 0.5) is 11.4 Å². The van der Waals surface area contributed by atoms with E-state index < -0.39 is 23.6 Å². The molecule has 0 radical (unpaired) electrons. The predicted octanol–water partition coefficient (Wildman–Crippen LogP) is 1.21. The van der Waals surface area contributed by atoms with Gasteiger partial charge < -0.3 is 26.2 Å². The minimum absolute atomic E-state index is 0.0688. The van der Waals surface area contributed by atoms with Crippen LogP contribution in [0.3, 0.4) is 0 Å². The quantitative estimate of drug-likeness (QED) is 0.242. The van der Waals surface area contributed by atoms with E-state index in [-0.39, 0.29) is 21.4 Å². The summed E-state index contributed by atoms with van der Waals surface area (Å²) in [7, 11) is 1.16. The summed E-state index contributed by atoms with van der Waals surface area (Å²) in [5.41, 5.74) is 5.41. The molecular formula is C11H13BrN4O4. The van der Waals surface area contributed by atoms with Crippen LogP contribution in [0, 0.1) is 5.41 Å². The molecule has 0 fully saturated rings. The number of benzene rings is 1. The molecule has 1 amide bonds. The maximum Gasteiger partial charge on any atom is 0.341 e. The lowest BCUT2D eigenvalue weighted by molar-refractivity contribution is -0.114. The summed E-state index contributed by atoms with van der Waals surface area (Å²) < 4.78 is 4.60. The Hall–Kier alpha value is -2.29. The zero-order chi connectivity index (χ0) is 15.4. The molecule has 0 aliphatic heterocycles. The summed E-state index contributed by atoms with van der Waals surface area (Å²) in [6.45, 7) is 1.27. The first-order chi connectivity index (χ1) is 9.27. The van der Waals surface area contributed by atoms with E-state index in [4.69, 9.17) is 11.1 Å². The Morgan fingerprint density at radius 1 is 1.45 bits per heavy atom. The van der Waals surface area contributed by atoms with Gasteiger partial charge in [-0.1, -0.05) is 0 Å². The van der Waals surface area contributed by atoms with Crippen molar-refractivity contribution < 1.29 is 19.4 Å². The SMILES string of the molecule is COC(=O)c1cc(NC(=N)N)c(NC(C)=O)c(Br)c1O. The number of phenols is 1. The molecular weight excluding hydrogens is 332 g/mol. The topological polar surface area (TPSA) is 138 Å². The highest BCUT2D eigenvalue weighted by Crippen LogP contribution is 2.41. The van der Waals surface area contributed by atoms with Crippen LogP contribution in [0.1, 0.15) is 17.3 Å². The average Bonchev–Trinajstić information content (AvgIpc) is 2.36. The van der Waals surface area contributed by atoms with Gasteiger partial charge in [-0.3, -0.25) is 10.2 Å². The Kier molecular flexibility index (Phi) is 4.92. The van der Waals surface area contributed by atoms with Crippen LogP contribution in [0.2, 0.25) is 0 Å². The van der Waals surface area contributed by atoms with Gasteiger partial charge in [0.2, 0.25) is 5.91 Å². The van der Waals surface area contributed by atoms with Crippen molar-refractivity contribution in [2.24, 2.45) is 5.73 Å². The lowest BCUT2D eigenvalue weighted by Crippen LogP contribution is -2.22. The van der Waals surface area contributed by atoms with Crippen molar-refractivity contribution in [3.63, 3.8) is 0 Å². The highest BCUT2D eigenvalue weighted by molar-refractivity contribution is 9.10. The van der Waals surface area contributed by atoms with Gasteiger partial charge in [0.05, 0.1) is 23.0 Å². The number of ether oxygens (including phenoxy) is 1. The van der Waals surface area contributed by atoms with Crippen molar-refractivity contribution in [2.75, 3.05) is 17.7 Å². The third kappa shape index (κ3) is 3.38. The Balaban J connectivity index is 3.49. The van der Waals surface area contributed by atoms with Crippen molar-refractivity contribution in [2.45, 2.75) is 6.92 Å². The van der Waals surface area contributed by atoms with Gasteiger partial charge in [0, 0.05) is 6.92 Å². The molecule has 0 heterocycles. The second-order valence-electron chi connectivity index (χ2n) is 3.72. The number of hydrogen-bond donors (Lipinski definition) is 5. The number of anilines is 2. The maximum absolute atomic E-state index is 11.6. The third-order valence-corrected chi connectivity index (χ3v) is 2.99. The van der Waals surface area contributed by atoms with E-state index in [1.54, 1.807) is 0 Å². The number of methoxy groups -OCH3 is 1. The number of amides is 1. The molecule has 0 saturated carbocycles. The van der Waals surface area contributed by atoms with E-state index in [1.165, 1.54) is 13.0 Å². The number of guanidine groups is 1. The lowest BCUT2D eigenvalue weighted by atomic mass is 10.1. The summed E-state index contributed by atoms with van der Waals surface area (Å²) in [5.74, 6) is -1.97. The van der Waals surface area contributed by atoms with E-state index in [0.717, 1.165) is 7.11 Å². The molecule has 0 bridgehead atoms. The molecule has 20 heavy (non-hydrogen) atoms. The highest BCUT2D eigenvalue weighted by Gasteiger charge is 2.21. The van der Waals surface area contributed by atoms with Crippen LogP contribution >= 0.6 is 15.9 Å². The molecule has 0 spiro atoms. The van der Waals surface area contributed by atoms with Gasteiger partial charge in [0.15, 0.2) is 5.96 Å². The van der Waals surface area contributed by atoms with Gasteiger partial charge >= 0.3 is 5.97 Å². The van der Waals surface area contributed by atoms with Gasteiger partial charge in [0.1, 0.15) is 11.3 Å². The number of nitrogens with one attached hydrogen (secondary N) is 3. The second-order valence-corrected chi connectivity index (χ2v) is 4.51. The standard InChI is InChI=1S/C11H13BrN4O4/c1-4(17)15-8-6(16-11(13)14)3-5(10(19)20-2)9(18)7(8)12/h3,18H,1-2H3,(H,15,17)(H4,13,14,16). The summed E-state index contributed by atoms with van der Waals surface area (Å²) in [4.78, 5) is 22.7. The first kappa shape index (κ1) is 15.8. The van der Waals surface area contributed by atoms with E-state index >= 15 is 0 Å². The van der Waals surface area contributed by atoms with Crippen LogP contribution in [0.5, 0.6) is 5.75 Å². The minimum atomic E-state index is -0.774. The fourth-order valence-corrected chi connectivity index (χ4v) is 1.97. The molecule has 9 heteroatoms. The zero-order valence-electron chi connectivity index (χ0n) is 10.7. The average molecular weight is 345 g/mol. The number of carbonyl (C=O) groups excluding carboxylic acids is 2. The molecule has 8 nitrogen and oxygen atoms in total. The molecule has 1 rings (SSSR count). The number of phenolic OH excluding ortho intramolecular Hbond substituents is 1. The first-order valence-corrected chi connectivity index (χ1v) is 6.09. The van der Waals surface area contributed by atoms with Crippen LogP contribution in [-0.2, 0) is 9.53 Å². The summed E-state index contributed by atoms with van der Waals surface area (Å²) in [6, 6.07) is 1.22. The highest BCUT2D eigenvalue weighted by atomic mass is 79.9.